The summed E-state index contributed by atoms with van der Waals surface area (Å²) >= 11 is 5.69. The Labute approximate surface area is 146 Å². The van der Waals surface area contributed by atoms with Crippen LogP contribution in [0.3, 0.4) is 0 Å². The largest absolute Gasteiger partial charge is 0.484 e. The van der Waals surface area contributed by atoms with E-state index in [2.05, 4.69) is 0 Å². The molecule has 0 unspecified atom stereocenters. The van der Waals surface area contributed by atoms with Crippen LogP contribution in [0.15, 0.2) is 18.2 Å². The van der Waals surface area contributed by atoms with Crippen LogP contribution in [0.2, 0.25) is 5.02 Å². The minimum absolute atomic E-state index is 0.0521. The molecule has 1 aliphatic rings. The maximum Gasteiger partial charge on any atom is 0.260 e. The highest BCUT2D eigenvalue weighted by atomic mass is 35.5. The third-order valence-corrected chi connectivity index (χ3v) is 4.92. The molecule has 1 saturated heterocycles. The van der Waals surface area contributed by atoms with Gasteiger partial charge in [0.1, 0.15) is 11.6 Å². The summed E-state index contributed by atoms with van der Waals surface area (Å²) in [7, 11) is 1.55. The Morgan fingerprint density at radius 3 is 2.75 bits per heavy atom. The van der Waals surface area contributed by atoms with Gasteiger partial charge in [0, 0.05) is 31.7 Å². The summed E-state index contributed by atoms with van der Waals surface area (Å²) in [5, 5.41) is 10.7. The van der Waals surface area contributed by atoms with E-state index in [1.807, 2.05) is 13.8 Å². The lowest BCUT2D eigenvalue weighted by molar-refractivity contribution is -0.164. The number of methoxy groups -OCH3 is 1. The van der Waals surface area contributed by atoms with Crippen molar-refractivity contribution in [3.8, 4) is 5.75 Å². The number of amides is 1. The van der Waals surface area contributed by atoms with Gasteiger partial charge in [0.15, 0.2) is 6.61 Å². The van der Waals surface area contributed by atoms with Gasteiger partial charge in [-0.05, 0) is 18.6 Å². The van der Waals surface area contributed by atoms with Crippen molar-refractivity contribution < 1.29 is 23.8 Å². The summed E-state index contributed by atoms with van der Waals surface area (Å²) in [4.78, 5) is 14.0. The zero-order valence-corrected chi connectivity index (χ0v) is 14.9. The average Bonchev–Trinajstić information content (AvgIpc) is 2.51. The van der Waals surface area contributed by atoms with Gasteiger partial charge in [-0.2, -0.15) is 0 Å². The number of nitrogens with zero attached hydrogens (tertiary/aromatic N) is 1. The quantitative estimate of drug-likeness (QED) is 0.877. The van der Waals surface area contributed by atoms with Crippen molar-refractivity contribution in [2.45, 2.75) is 25.9 Å². The van der Waals surface area contributed by atoms with E-state index < -0.39 is 16.8 Å². The van der Waals surface area contributed by atoms with Gasteiger partial charge < -0.3 is 19.5 Å². The lowest BCUT2D eigenvalue weighted by Gasteiger charge is -2.49. The number of hydrogen-bond donors (Lipinski definition) is 1. The molecule has 0 spiro atoms. The summed E-state index contributed by atoms with van der Waals surface area (Å²) in [6.07, 6.45) is 0.432. The number of piperidine rings is 1. The van der Waals surface area contributed by atoms with Gasteiger partial charge >= 0.3 is 0 Å². The number of carbonyl (C=O) groups excluding carboxylic acids is 1. The molecule has 7 heteroatoms. The van der Waals surface area contributed by atoms with Crippen LogP contribution in [0, 0.1) is 11.2 Å². The highest BCUT2D eigenvalue weighted by molar-refractivity contribution is 6.30. The summed E-state index contributed by atoms with van der Waals surface area (Å²) in [6.45, 7) is 4.71. The molecule has 0 aliphatic carbocycles. The predicted molar refractivity (Wildman–Crippen MR) is 88.7 cm³/mol. The molecule has 1 heterocycles. The summed E-state index contributed by atoms with van der Waals surface area (Å²) in [5.74, 6) is -0.393. The van der Waals surface area contributed by atoms with E-state index in [-0.39, 0.29) is 24.1 Å². The van der Waals surface area contributed by atoms with E-state index in [9.17, 15) is 14.3 Å². The Balaban J connectivity index is 1.95. The van der Waals surface area contributed by atoms with E-state index in [1.165, 1.54) is 18.2 Å². The van der Waals surface area contributed by atoms with Crippen molar-refractivity contribution in [3.63, 3.8) is 0 Å². The van der Waals surface area contributed by atoms with Crippen molar-refractivity contribution >= 4 is 17.5 Å². The van der Waals surface area contributed by atoms with Crippen LogP contribution >= 0.6 is 11.6 Å². The first-order chi connectivity index (χ1) is 11.2. The molecule has 24 heavy (non-hydrogen) atoms. The summed E-state index contributed by atoms with van der Waals surface area (Å²) in [5.41, 5.74) is -1.47. The molecule has 0 radical (unpaired) electrons. The van der Waals surface area contributed by atoms with Gasteiger partial charge in [-0.15, -0.1) is 0 Å². The number of ether oxygens (including phenoxy) is 2. The Bertz CT molecular complexity index is 610. The molecule has 5 nitrogen and oxygen atoms in total. The number of likely N-dealkylation sites (tertiary alicyclic amines) is 1. The molecular weight excluding hydrogens is 337 g/mol. The number of halogens is 2. The number of benzene rings is 1. The van der Waals surface area contributed by atoms with Crippen LogP contribution in [-0.4, -0.2) is 54.9 Å². The zero-order chi connectivity index (χ0) is 18.0. The lowest BCUT2D eigenvalue weighted by atomic mass is 9.70. The van der Waals surface area contributed by atoms with Gasteiger partial charge in [-0.1, -0.05) is 25.4 Å². The fourth-order valence-electron chi connectivity index (χ4n) is 2.88. The monoisotopic (exact) mass is 359 g/mol. The van der Waals surface area contributed by atoms with Crippen molar-refractivity contribution in [2.75, 3.05) is 33.4 Å². The van der Waals surface area contributed by atoms with E-state index in [4.69, 9.17) is 21.1 Å². The number of hydrogen-bond acceptors (Lipinski definition) is 4. The third-order valence-electron chi connectivity index (χ3n) is 4.63. The molecule has 1 atom stereocenters. The standard InChI is InChI=1S/C17H23ClFNO4/c1-16(2)10-20(7-6-17(16,22)11-23-3)15(21)9-24-12-4-5-14(19)13(18)8-12/h4-5,8,22H,6-7,9-11H2,1-3H3/t17-/m1/s1. The molecule has 0 saturated carbocycles. The smallest absolute Gasteiger partial charge is 0.260 e. The highest BCUT2D eigenvalue weighted by Crippen LogP contribution is 2.38. The first-order valence-corrected chi connectivity index (χ1v) is 8.13. The van der Waals surface area contributed by atoms with Crippen LogP contribution in [0.4, 0.5) is 4.39 Å². The summed E-state index contributed by atoms with van der Waals surface area (Å²) < 4.78 is 23.6. The van der Waals surface area contributed by atoms with Crippen LogP contribution in [0.25, 0.3) is 0 Å². The van der Waals surface area contributed by atoms with E-state index >= 15 is 0 Å². The maximum atomic E-state index is 13.1. The first-order valence-electron chi connectivity index (χ1n) is 7.75. The molecule has 0 aromatic heterocycles. The fraction of sp³-hybridized carbons (Fsp3) is 0.588. The van der Waals surface area contributed by atoms with Gasteiger partial charge in [-0.3, -0.25) is 4.79 Å². The lowest BCUT2D eigenvalue weighted by Crippen LogP contribution is -2.60. The normalized spacial score (nSPS) is 23.2. The minimum atomic E-state index is -0.968. The van der Waals surface area contributed by atoms with Crippen molar-refractivity contribution in [2.24, 2.45) is 5.41 Å². The third kappa shape index (κ3) is 3.99. The van der Waals surface area contributed by atoms with Crippen LogP contribution in [0.5, 0.6) is 5.75 Å². The molecule has 1 amide bonds. The Morgan fingerprint density at radius 1 is 1.46 bits per heavy atom. The van der Waals surface area contributed by atoms with Crippen molar-refractivity contribution in [1.82, 2.24) is 4.90 Å². The molecule has 1 aromatic rings. The minimum Gasteiger partial charge on any atom is -0.484 e. The zero-order valence-electron chi connectivity index (χ0n) is 14.1. The van der Waals surface area contributed by atoms with Crippen LogP contribution in [-0.2, 0) is 9.53 Å². The number of carbonyl (C=O) groups is 1. The Morgan fingerprint density at radius 2 is 2.17 bits per heavy atom. The fourth-order valence-corrected chi connectivity index (χ4v) is 3.05. The molecule has 134 valence electrons. The second kappa shape index (κ2) is 7.25. The second-order valence-electron chi connectivity index (χ2n) is 6.78. The van der Waals surface area contributed by atoms with Crippen LogP contribution in [0.1, 0.15) is 20.3 Å². The number of rotatable bonds is 5. The van der Waals surface area contributed by atoms with Gasteiger partial charge in [-0.25, -0.2) is 4.39 Å². The second-order valence-corrected chi connectivity index (χ2v) is 7.19. The molecule has 2 rings (SSSR count). The number of aliphatic hydroxyl groups is 1. The Kier molecular flexibility index (Phi) is 5.73. The molecule has 1 fully saturated rings. The maximum absolute atomic E-state index is 13.1. The van der Waals surface area contributed by atoms with Crippen molar-refractivity contribution in [1.29, 1.82) is 0 Å². The average molecular weight is 360 g/mol. The van der Waals surface area contributed by atoms with Gasteiger partial charge in [0.25, 0.3) is 5.91 Å². The van der Waals surface area contributed by atoms with E-state index in [0.717, 1.165) is 0 Å². The van der Waals surface area contributed by atoms with E-state index in [0.29, 0.717) is 25.3 Å². The summed E-state index contributed by atoms with van der Waals surface area (Å²) in [6, 6.07) is 3.95. The van der Waals surface area contributed by atoms with Gasteiger partial charge in [0.2, 0.25) is 0 Å². The molecule has 1 aromatic carbocycles. The molecule has 0 bridgehead atoms. The van der Waals surface area contributed by atoms with Crippen LogP contribution < -0.4 is 4.74 Å². The Hall–Kier alpha value is -1.37. The predicted octanol–water partition coefficient (Wildman–Crippen LogP) is 2.49. The highest BCUT2D eigenvalue weighted by Gasteiger charge is 2.48. The molecule has 1 aliphatic heterocycles. The van der Waals surface area contributed by atoms with Gasteiger partial charge in [0.05, 0.1) is 17.2 Å². The molecule has 1 N–H and O–H groups in total. The molecular formula is C17H23ClFNO4. The SMILES string of the molecule is COC[C@]1(O)CCN(C(=O)COc2ccc(F)c(Cl)c2)CC1(C)C. The van der Waals surface area contributed by atoms with Crippen molar-refractivity contribution in [3.05, 3.63) is 29.0 Å². The van der Waals surface area contributed by atoms with E-state index in [1.54, 1.807) is 12.0 Å². The topological polar surface area (TPSA) is 59.0 Å². The first kappa shape index (κ1) is 19.0.